The first-order valence-corrected chi connectivity index (χ1v) is 17.4. The highest BCUT2D eigenvalue weighted by atomic mass is 16.5. The van der Waals surface area contributed by atoms with Crippen molar-refractivity contribution in [3.05, 3.63) is 85.8 Å². The van der Waals surface area contributed by atoms with Gasteiger partial charge in [-0.15, -0.1) is 0 Å². The summed E-state index contributed by atoms with van der Waals surface area (Å²) in [4.78, 5) is 36.9. The summed E-state index contributed by atoms with van der Waals surface area (Å²) in [5.41, 5.74) is 9.82. The van der Waals surface area contributed by atoms with E-state index in [0.29, 0.717) is 23.2 Å². The van der Waals surface area contributed by atoms with Gasteiger partial charge in [-0.05, 0) is 113 Å². The van der Waals surface area contributed by atoms with Gasteiger partial charge in [-0.3, -0.25) is 9.59 Å². The van der Waals surface area contributed by atoms with Gasteiger partial charge in [0, 0.05) is 105 Å². The highest BCUT2D eigenvalue weighted by molar-refractivity contribution is 5.98. The van der Waals surface area contributed by atoms with Crippen LogP contribution in [-0.2, 0) is 29.1 Å². The molecule has 6 rings (SSSR count). The predicted molar refractivity (Wildman–Crippen MR) is 189 cm³/mol. The summed E-state index contributed by atoms with van der Waals surface area (Å²) in [5.74, 6) is -0.165. The normalized spacial score (nSPS) is 17.1. The molecule has 2 aromatic carbocycles. The Morgan fingerprint density at radius 1 is 0.872 bits per heavy atom. The Balaban J connectivity index is 1.31. The van der Waals surface area contributed by atoms with Crippen molar-refractivity contribution in [2.75, 3.05) is 54.2 Å². The van der Waals surface area contributed by atoms with Crippen LogP contribution in [0.4, 0.5) is 17.1 Å². The molecule has 2 fully saturated rings. The molecule has 3 aliphatic heterocycles. The second-order valence-corrected chi connectivity index (χ2v) is 13.3. The van der Waals surface area contributed by atoms with Crippen molar-refractivity contribution in [3.8, 4) is 0 Å². The number of benzene rings is 2. The molecule has 252 valence electrons. The molecule has 0 saturated carbocycles. The number of anilines is 3. The van der Waals surface area contributed by atoms with E-state index in [2.05, 4.69) is 70.0 Å². The van der Waals surface area contributed by atoms with Gasteiger partial charge >= 0.3 is 0 Å². The molecule has 2 N–H and O–H groups in total. The van der Waals surface area contributed by atoms with Crippen molar-refractivity contribution in [1.29, 1.82) is 0 Å². The Kier molecular flexibility index (Phi) is 10.2. The molecule has 0 unspecified atom stereocenters. The summed E-state index contributed by atoms with van der Waals surface area (Å²) in [6.07, 6.45) is 4.06. The fourth-order valence-corrected chi connectivity index (χ4v) is 7.78. The average Bonchev–Trinajstić information content (AvgIpc) is 3.50. The van der Waals surface area contributed by atoms with E-state index in [1.165, 1.54) is 16.8 Å². The number of pyridine rings is 1. The molecule has 0 spiro atoms. The van der Waals surface area contributed by atoms with Crippen molar-refractivity contribution in [2.24, 2.45) is 0 Å². The minimum absolute atomic E-state index is 0.154. The summed E-state index contributed by atoms with van der Waals surface area (Å²) in [6.45, 7) is 17.0. The van der Waals surface area contributed by atoms with Crippen LogP contribution >= 0.6 is 0 Å². The van der Waals surface area contributed by atoms with E-state index < -0.39 is 0 Å². The lowest BCUT2D eigenvalue weighted by Crippen LogP contribution is -2.40. The number of nitrogens with zero attached hydrogens (tertiary/aromatic N) is 3. The quantitative estimate of drug-likeness (QED) is 0.291. The van der Waals surface area contributed by atoms with Gasteiger partial charge < -0.3 is 34.5 Å². The first-order valence-electron chi connectivity index (χ1n) is 17.4. The Hall–Kier alpha value is -3.82. The van der Waals surface area contributed by atoms with Crippen LogP contribution in [0.25, 0.3) is 0 Å². The number of nitrogens with one attached hydrogen (secondary N) is 2. The van der Waals surface area contributed by atoms with Gasteiger partial charge in [-0.25, -0.2) is 0 Å². The first-order chi connectivity index (χ1) is 22.8. The molecule has 47 heavy (non-hydrogen) atoms. The maximum atomic E-state index is 14.0. The van der Waals surface area contributed by atoms with Crippen LogP contribution in [0.3, 0.4) is 0 Å². The van der Waals surface area contributed by atoms with Crippen molar-refractivity contribution < 1.29 is 14.3 Å². The highest BCUT2D eigenvalue weighted by Gasteiger charge is 2.28. The third-order valence-electron chi connectivity index (χ3n) is 10.4. The molecular weight excluding hydrogens is 590 g/mol. The molecule has 0 aliphatic carbocycles. The molecule has 0 bridgehead atoms. The summed E-state index contributed by atoms with van der Waals surface area (Å²) in [5, 5.41) is 3.08. The number of aromatic nitrogens is 1. The lowest BCUT2D eigenvalue weighted by molar-refractivity contribution is 0.0845. The highest BCUT2D eigenvalue weighted by Crippen LogP contribution is 2.37. The third kappa shape index (κ3) is 7.06. The lowest BCUT2D eigenvalue weighted by atomic mass is 9.99. The van der Waals surface area contributed by atoms with E-state index in [0.717, 1.165) is 106 Å². The van der Waals surface area contributed by atoms with Crippen LogP contribution in [-0.4, -0.2) is 62.5 Å². The van der Waals surface area contributed by atoms with Crippen molar-refractivity contribution in [2.45, 2.75) is 92.0 Å². The number of aryl methyl sites for hydroxylation is 2. The monoisotopic (exact) mass is 641 g/mol. The fourth-order valence-electron chi connectivity index (χ4n) is 7.78. The number of carbonyl (C=O) groups excluding carboxylic acids is 1. The lowest BCUT2D eigenvalue weighted by Gasteiger charge is -2.37. The van der Waals surface area contributed by atoms with Gasteiger partial charge in [0.25, 0.3) is 11.5 Å². The van der Waals surface area contributed by atoms with Gasteiger partial charge in [0.05, 0.1) is 0 Å². The third-order valence-corrected chi connectivity index (χ3v) is 10.4. The predicted octanol–water partition coefficient (Wildman–Crippen LogP) is 5.76. The van der Waals surface area contributed by atoms with Crippen LogP contribution in [0.1, 0.15) is 83.4 Å². The number of aromatic amines is 1. The standard InChI is InChI=1S/C38H51N5O4/c1-6-42(30-10-14-46-15-11-30)32-9-8-28-23-41(24-29(28)19-32)33-20-34(37(44)39-22-35-25(3)18-26(4)40-38(35)45)27(5)36(21-33)43(7-2)31-12-16-47-17-13-31/h8-9,18-21,30-31H,6-7,10-17,22-24H2,1-5H3,(H,39,44)(H,40,45). The maximum absolute atomic E-state index is 14.0. The molecule has 1 amide bonds. The summed E-state index contributed by atoms with van der Waals surface area (Å²) < 4.78 is 11.3. The molecule has 0 atom stereocenters. The molecule has 2 saturated heterocycles. The van der Waals surface area contributed by atoms with E-state index in [4.69, 9.17) is 9.47 Å². The van der Waals surface area contributed by atoms with Crippen LogP contribution in [0.15, 0.2) is 41.2 Å². The molecule has 1 aromatic heterocycles. The number of hydrogen-bond donors (Lipinski definition) is 2. The number of ether oxygens (including phenoxy) is 2. The van der Waals surface area contributed by atoms with Crippen molar-refractivity contribution in [1.82, 2.24) is 10.3 Å². The number of carbonyl (C=O) groups is 1. The molecule has 4 heterocycles. The van der Waals surface area contributed by atoms with Crippen LogP contribution < -0.4 is 25.6 Å². The van der Waals surface area contributed by atoms with Gasteiger partial charge in [-0.1, -0.05) is 6.07 Å². The number of H-pyrrole nitrogens is 1. The SMILES string of the molecule is CCN(c1ccc2c(c1)CN(c1cc(C(=O)NCc3c(C)cc(C)[nH]c3=O)c(C)c(N(CC)C3CCOCC3)c1)C2)C1CCOCC1. The first kappa shape index (κ1) is 33.1. The zero-order valence-electron chi connectivity index (χ0n) is 28.8. The summed E-state index contributed by atoms with van der Waals surface area (Å²) >= 11 is 0. The molecule has 0 radical (unpaired) electrons. The Morgan fingerprint density at radius 2 is 1.51 bits per heavy atom. The zero-order valence-corrected chi connectivity index (χ0v) is 28.8. The average molecular weight is 642 g/mol. The molecule has 3 aromatic rings. The number of rotatable bonds is 10. The second-order valence-electron chi connectivity index (χ2n) is 13.3. The van der Waals surface area contributed by atoms with Gasteiger partial charge in [-0.2, -0.15) is 0 Å². The fraction of sp³-hybridized carbons (Fsp3) is 0.526. The van der Waals surface area contributed by atoms with Crippen LogP contribution in [0, 0.1) is 20.8 Å². The minimum Gasteiger partial charge on any atom is -0.381 e. The van der Waals surface area contributed by atoms with Crippen LogP contribution in [0.5, 0.6) is 0 Å². The topological polar surface area (TPSA) is 90.1 Å². The summed E-state index contributed by atoms with van der Waals surface area (Å²) in [6, 6.07) is 14.1. The Bertz CT molecular complexity index is 1640. The largest absolute Gasteiger partial charge is 0.381 e. The van der Waals surface area contributed by atoms with Gasteiger partial charge in [0.2, 0.25) is 0 Å². The van der Waals surface area contributed by atoms with Gasteiger partial charge in [0.15, 0.2) is 0 Å². The van der Waals surface area contributed by atoms with E-state index in [-0.39, 0.29) is 18.0 Å². The molecular formula is C38H51N5O4. The number of hydrogen-bond acceptors (Lipinski definition) is 7. The minimum atomic E-state index is -0.165. The summed E-state index contributed by atoms with van der Waals surface area (Å²) in [7, 11) is 0. The smallest absolute Gasteiger partial charge is 0.253 e. The van der Waals surface area contributed by atoms with Crippen LogP contribution in [0.2, 0.25) is 0 Å². The molecule has 9 heteroatoms. The van der Waals surface area contributed by atoms with E-state index in [9.17, 15) is 9.59 Å². The Morgan fingerprint density at radius 3 is 2.15 bits per heavy atom. The Labute approximate surface area is 279 Å². The number of amides is 1. The second kappa shape index (κ2) is 14.5. The molecule has 9 nitrogen and oxygen atoms in total. The van der Waals surface area contributed by atoms with Crippen molar-refractivity contribution in [3.63, 3.8) is 0 Å². The van der Waals surface area contributed by atoms with E-state index >= 15 is 0 Å². The van der Waals surface area contributed by atoms with Gasteiger partial charge in [0.1, 0.15) is 0 Å². The van der Waals surface area contributed by atoms with E-state index in [1.807, 2.05) is 26.0 Å². The number of fused-ring (bicyclic) bond motifs is 1. The molecule has 3 aliphatic rings. The zero-order chi connectivity index (χ0) is 33.1. The van der Waals surface area contributed by atoms with E-state index in [1.54, 1.807) is 0 Å². The van der Waals surface area contributed by atoms with Crippen molar-refractivity contribution >= 4 is 23.0 Å². The maximum Gasteiger partial charge on any atom is 0.253 e.